The molecule has 1 aromatic carbocycles. The van der Waals surface area contributed by atoms with Gasteiger partial charge < -0.3 is 5.32 Å². The largest absolute Gasteiger partial charge is 0.340 e. The van der Waals surface area contributed by atoms with E-state index in [4.69, 9.17) is 11.6 Å². The Bertz CT molecular complexity index is 871. The first-order valence-corrected chi connectivity index (χ1v) is 7.96. The molecular formula is C16H14ClN3OS. The first-order valence-electron chi connectivity index (χ1n) is 6.77. The van der Waals surface area contributed by atoms with Crippen molar-refractivity contribution in [3.63, 3.8) is 0 Å². The average molecular weight is 332 g/mol. The molecule has 0 aliphatic rings. The molecule has 0 saturated heterocycles. The average Bonchev–Trinajstić information content (AvgIpc) is 2.74. The molecule has 0 radical (unpaired) electrons. The molecule has 0 spiro atoms. The van der Waals surface area contributed by atoms with Crippen molar-refractivity contribution in [1.82, 2.24) is 9.97 Å². The van der Waals surface area contributed by atoms with E-state index in [0.29, 0.717) is 11.4 Å². The van der Waals surface area contributed by atoms with Gasteiger partial charge in [0.2, 0.25) is 5.28 Å². The Morgan fingerprint density at radius 1 is 1.18 bits per heavy atom. The molecule has 0 amide bonds. The minimum absolute atomic E-state index is 0.0447. The minimum atomic E-state index is 0.0447. The number of aryl methyl sites for hydroxylation is 2. The molecule has 112 valence electrons. The number of anilines is 2. The Labute approximate surface area is 137 Å². The van der Waals surface area contributed by atoms with Gasteiger partial charge in [0.15, 0.2) is 5.78 Å². The molecule has 0 aliphatic heterocycles. The fourth-order valence-corrected chi connectivity index (χ4v) is 3.49. The van der Waals surface area contributed by atoms with Crippen molar-refractivity contribution in [2.45, 2.75) is 20.8 Å². The van der Waals surface area contributed by atoms with Crippen molar-refractivity contribution >= 4 is 50.4 Å². The molecule has 0 atom stereocenters. The smallest absolute Gasteiger partial charge is 0.225 e. The zero-order chi connectivity index (χ0) is 15.9. The number of nitrogens with zero attached hydrogens (tertiary/aromatic N) is 2. The molecule has 0 saturated carbocycles. The van der Waals surface area contributed by atoms with E-state index in [1.54, 1.807) is 30.4 Å². The molecule has 0 bridgehead atoms. The van der Waals surface area contributed by atoms with Crippen LogP contribution in [-0.4, -0.2) is 15.8 Å². The fourth-order valence-electron chi connectivity index (χ4n) is 2.24. The number of Topliss-reactive ketones (excluding diaryl/α,β-unsaturated/α-hetero) is 1. The van der Waals surface area contributed by atoms with E-state index in [1.165, 1.54) is 4.88 Å². The van der Waals surface area contributed by atoms with E-state index in [0.717, 1.165) is 21.5 Å². The van der Waals surface area contributed by atoms with Crippen LogP contribution in [0, 0.1) is 13.8 Å². The molecule has 3 rings (SSSR count). The molecule has 1 N–H and O–H groups in total. The fraction of sp³-hybridized carbons (Fsp3) is 0.188. The van der Waals surface area contributed by atoms with Gasteiger partial charge in [0.05, 0.1) is 5.39 Å². The van der Waals surface area contributed by atoms with Crippen LogP contribution in [0.2, 0.25) is 5.28 Å². The highest BCUT2D eigenvalue weighted by molar-refractivity contribution is 7.18. The molecule has 0 aliphatic carbocycles. The van der Waals surface area contributed by atoms with Crippen LogP contribution in [0.3, 0.4) is 0 Å². The highest BCUT2D eigenvalue weighted by Crippen LogP contribution is 2.35. The lowest BCUT2D eigenvalue weighted by molar-refractivity contribution is 0.101. The van der Waals surface area contributed by atoms with Gasteiger partial charge in [0.1, 0.15) is 10.6 Å². The second-order valence-corrected chi connectivity index (χ2v) is 6.60. The molecule has 0 fully saturated rings. The summed E-state index contributed by atoms with van der Waals surface area (Å²) in [5.74, 6) is 0.732. The zero-order valence-corrected chi connectivity index (χ0v) is 14.0. The van der Waals surface area contributed by atoms with Crippen molar-refractivity contribution in [2.24, 2.45) is 0 Å². The number of halogens is 1. The number of carbonyl (C=O) groups excluding carboxylic acids is 1. The lowest BCUT2D eigenvalue weighted by Gasteiger charge is -2.08. The number of rotatable bonds is 3. The summed E-state index contributed by atoms with van der Waals surface area (Å²) >= 11 is 7.62. The Balaban J connectivity index is 2.04. The number of nitrogens with one attached hydrogen (secondary N) is 1. The first-order chi connectivity index (χ1) is 10.5. The number of ketones is 1. The second-order valence-electron chi connectivity index (χ2n) is 5.06. The maximum Gasteiger partial charge on any atom is 0.225 e. The number of hydrogen-bond acceptors (Lipinski definition) is 5. The van der Waals surface area contributed by atoms with E-state index in [9.17, 15) is 4.79 Å². The van der Waals surface area contributed by atoms with E-state index < -0.39 is 0 Å². The maximum absolute atomic E-state index is 11.3. The van der Waals surface area contributed by atoms with Crippen molar-refractivity contribution in [3.05, 3.63) is 45.6 Å². The summed E-state index contributed by atoms with van der Waals surface area (Å²) in [6.07, 6.45) is 0. The van der Waals surface area contributed by atoms with Gasteiger partial charge in [-0.3, -0.25) is 4.79 Å². The quantitative estimate of drug-likeness (QED) is 0.547. The molecule has 3 aromatic rings. The number of fused-ring (bicyclic) bond motifs is 1. The first kappa shape index (κ1) is 14.9. The highest BCUT2D eigenvalue weighted by atomic mass is 35.5. The van der Waals surface area contributed by atoms with Gasteiger partial charge in [-0.05, 0) is 62.2 Å². The van der Waals surface area contributed by atoms with Gasteiger partial charge >= 0.3 is 0 Å². The van der Waals surface area contributed by atoms with Gasteiger partial charge in [-0.2, -0.15) is 4.98 Å². The maximum atomic E-state index is 11.3. The zero-order valence-electron chi connectivity index (χ0n) is 12.4. The lowest BCUT2D eigenvalue weighted by Crippen LogP contribution is -1.98. The minimum Gasteiger partial charge on any atom is -0.340 e. The number of carbonyl (C=O) groups is 1. The summed E-state index contributed by atoms with van der Waals surface area (Å²) in [5, 5.41) is 4.48. The van der Waals surface area contributed by atoms with E-state index >= 15 is 0 Å². The third kappa shape index (κ3) is 2.69. The SMILES string of the molecule is CC(=O)c1ccc(Nc2nc(Cl)nc3sc(C)c(C)c23)cc1. The standard InChI is InChI=1S/C16H14ClN3OS/c1-8-10(3)22-15-13(8)14(19-16(17)20-15)18-12-6-4-11(5-7-12)9(2)21/h4-7H,1-3H3,(H,18,19,20). The molecule has 0 unspecified atom stereocenters. The predicted molar refractivity (Wildman–Crippen MR) is 91.6 cm³/mol. The second kappa shape index (κ2) is 5.66. The summed E-state index contributed by atoms with van der Waals surface area (Å²) in [6.45, 7) is 5.66. The Kier molecular flexibility index (Phi) is 3.85. The third-order valence-electron chi connectivity index (χ3n) is 3.56. The molecule has 2 aromatic heterocycles. The molecule has 2 heterocycles. The van der Waals surface area contributed by atoms with E-state index in [2.05, 4.69) is 29.1 Å². The monoisotopic (exact) mass is 331 g/mol. The molecule has 6 heteroatoms. The molecular weight excluding hydrogens is 318 g/mol. The summed E-state index contributed by atoms with van der Waals surface area (Å²) in [7, 11) is 0. The number of aromatic nitrogens is 2. The van der Waals surface area contributed by atoms with Crippen molar-refractivity contribution in [3.8, 4) is 0 Å². The Morgan fingerprint density at radius 2 is 1.86 bits per heavy atom. The summed E-state index contributed by atoms with van der Waals surface area (Å²) in [4.78, 5) is 22.0. The predicted octanol–water partition coefficient (Wildman–Crippen LogP) is 4.91. The van der Waals surface area contributed by atoms with Crippen LogP contribution >= 0.6 is 22.9 Å². The summed E-state index contributed by atoms with van der Waals surface area (Å²) < 4.78 is 0. The third-order valence-corrected chi connectivity index (χ3v) is 4.83. The van der Waals surface area contributed by atoms with Gasteiger partial charge in [-0.1, -0.05) is 0 Å². The van der Waals surface area contributed by atoms with Crippen LogP contribution in [0.1, 0.15) is 27.7 Å². The van der Waals surface area contributed by atoms with Crippen LogP contribution in [0.5, 0.6) is 0 Å². The molecule has 22 heavy (non-hydrogen) atoms. The Hall–Kier alpha value is -1.98. The number of thiophene rings is 1. The lowest BCUT2D eigenvalue weighted by atomic mass is 10.1. The van der Waals surface area contributed by atoms with Crippen LogP contribution in [0.25, 0.3) is 10.2 Å². The van der Waals surface area contributed by atoms with E-state index in [1.807, 2.05) is 12.1 Å². The normalized spacial score (nSPS) is 10.9. The Morgan fingerprint density at radius 3 is 2.50 bits per heavy atom. The van der Waals surface area contributed by atoms with Crippen LogP contribution in [-0.2, 0) is 0 Å². The van der Waals surface area contributed by atoms with Gasteiger partial charge in [0.25, 0.3) is 0 Å². The summed E-state index contributed by atoms with van der Waals surface area (Å²) in [5.41, 5.74) is 2.68. The van der Waals surface area contributed by atoms with Crippen molar-refractivity contribution < 1.29 is 4.79 Å². The topological polar surface area (TPSA) is 54.9 Å². The van der Waals surface area contributed by atoms with Gasteiger partial charge in [-0.15, -0.1) is 11.3 Å². The van der Waals surface area contributed by atoms with Crippen LogP contribution in [0.15, 0.2) is 24.3 Å². The van der Waals surface area contributed by atoms with Crippen molar-refractivity contribution in [1.29, 1.82) is 0 Å². The number of hydrogen-bond donors (Lipinski definition) is 1. The van der Waals surface area contributed by atoms with E-state index in [-0.39, 0.29) is 11.1 Å². The number of benzene rings is 1. The highest BCUT2D eigenvalue weighted by Gasteiger charge is 2.14. The van der Waals surface area contributed by atoms with Gasteiger partial charge in [-0.25, -0.2) is 4.98 Å². The molecule has 4 nitrogen and oxygen atoms in total. The van der Waals surface area contributed by atoms with Gasteiger partial charge in [0, 0.05) is 16.1 Å². The van der Waals surface area contributed by atoms with Crippen molar-refractivity contribution in [2.75, 3.05) is 5.32 Å². The van der Waals surface area contributed by atoms with Crippen LogP contribution in [0.4, 0.5) is 11.5 Å². The van der Waals surface area contributed by atoms with Crippen LogP contribution < -0.4 is 5.32 Å². The summed E-state index contributed by atoms with van der Waals surface area (Å²) in [6, 6.07) is 7.28.